The average molecular weight is 453 g/mol. The van der Waals surface area contributed by atoms with E-state index in [0.29, 0.717) is 22.7 Å². The molecule has 0 radical (unpaired) electrons. The highest BCUT2D eigenvalue weighted by Gasteiger charge is 2.40. The molecule has 8 heteroatoms. The lowest BCUT2D eigenvalue weighted by molar-refractivity contribution is -0.120. The van der Waals surface area contributed by atoms with Crippen LogP contribution in [0, 0.1) is 5.82 Å². The van der Waals surface area contributed by atoms with Crippen LogP contribution in [0.4, 0.5) is 15.8 Å². The third-order valence-electron chi connectivity index (χ3n) is 4.97. The highest BCUT2D eigenvalue weighted by Crippen LogP contribution is 2.37. The van der Waals surface area contributed by atoms with E-state index in [2.05, 4.69) is 5.32 Å². The van der Waals surface area contributed by atoms with E-state index in [0.717, 1.165) is 11.0 Å². The smallest absolute Gasteiger partial charge is 0.282 e. The van der Waals surface area contributed by atoms with E-state index in [-0.39, 0.29) is 22.0 Å². The van der Waals surface area contributed by atoms with Crippen LogP contribution >= 0.6 is 11.6 Å². The molecular weight excluding hydrogens is 435 g/mol. The van der Waals surface area contributed by atoms with Crippen LogP contribution < -0.4 is 19.7 Å². The zero-order valence-corrected chi connectivity index (χ0v) is 17.9. The summed E-state index contributed by atoms with van der Waals surface area (Å²) in [5.74, 6) is -0.830. The lowest BCUT2D eigenvalue weighted by Crippen LogP contribution is -2.32. The second kappa shape index (κ2) is 8.72. The van der Waals surface area contributed by atoms with Crippen LogP contribution in [0.5, 0.6) is 11.5 Å². The third kappa shape index (κ3) is 3.78. The van der Waals surface area contributed by atoms with Gasteiger partial charge in [-0.3, -0.25) is 9.59 Å². The number of hydrogen-bond donors (Lipinski definition) is 1. The highest BCUT2D eigenvalue weighted by atomic mass is 35.5. The Morgan fingerprint density at radius 2 is 1.66 bits per heavy atom. The van der Waals surface area contributed by atoms with Gasteiger partial charge in [0.2, 0.25) is 0 Å². The van der Waals surface area contributed by atoms with Gasteiger partial charge in [0.25, 0.3) is 11.8 Å². The first-order valence-corrected chi connectivity index (χ1v) is 9.95. The van der Waals surface area contributed by atoms with E-state index in [4.69, 9.17) is 21.1 Å². The lowest BCUT2D eigenvalue weighted by Gasteiger charge is -2.16. The van der Waals surface area contributed by atoms with Crippen LogP contribution in [0.15, 0.2) is 72.4 Å². The van der Waals surface area contributed by atoms with Gasteiger partial charge in [-0.25, -0.2) is 9.29 Å². The quantitative estimate of drug-likeness (QED) is 0.539. The van der Waals surface area contributed by atoms with Crippen molar-refractivity contribution in [2.75, 3.05) is 24.4 Å². The van der Waals surface area contributed by atoms with Gasteiger partial charge < -0.3 is 14.8 Å². The summed E-state index contributed by atoms with van der Waals surface area (Å²) in [6, 6.07) is 17.5. The summed E-state index contributed by atoms with van der Waals surface area (Å²) in [6.07, 6.45) is 0. The minimum Gasteiger partial charge on any atom is -0.497 e. The number of imide groups is 1. The summed E-state index contributed by atoms with van der Waals surface area (Å²) in [6.45, 7) is 0. The molecule has 0 unspecified atom stereocenters. The number of hydrogen-bond acceptors (Lipinski definition) is 5. The number of ether oxygens (including phenoxy) is 2. The van der Waals surface area contributed by atoms with Gasteiger partial charge in [0.05, 0.1) is 36.2 Å². The molecule has 1 heterocycles. The Hall–Kier alpha value is -3.84. The Kier molecular flexibility index (Phi) is 5.83. The summed E-state index contributed by atoms with van der Waals surface area (Å²) < 4.78 is 24.3. The normalized spacial score (nSPS) is 13.6. The minimum atomic E-state index is -0.648. The molecular formula is C24H18ClFN2O4. The fourth-order valence-electron chi connectivity index (χ4n) is 3.42. The van der Waals surface area contributed by atoms with E-state index in [1.807, 2.05) is 0 Å². The molecule has 4 rings (SSSR count). The van der Waals surface area contributed by atoms with Crippen LogP contribution in [0.1, 0.15) is 5.56 Å². The van der Waals surface area contributed by atoms with Gasteiger partial charge in [0.15, 0.2) is 0 Å². The van der Waals surface area contributed by atoms with Crippen LogP contribution in [-0.2, 0) is 9.59 Å². The third-order valence-corrected chi connectivity index (χ3v) is 5.26. The minimum absolute atomic E-state index is 0.0493. The molecule has 2 amide bonds. The van der Waals surface area contributed by atoms with Crippen molar-refractivity contribution >= 4 is 40.4 Å². The van der Waals surface area contributed by atoms with Crippen molar-refractivity contribution in [3.8, 4) is 11.5 Å². The fraction of sp³-hybridized carbons (Fsp3) is 0.0833. The van der Waals surface area contributed by atoms with Gasteiger partial charge in [0, 0.05) is 6.07 Å². The van der Waals surface area contributed by atoms with Crippen molar-refractivity contribution in [3.63, 3.8) is 0 Å². The topological polar surface area (TPSA) is 67.9 Å². The van der Waals surface area contributed by atoms with Gasteiger partial charge in [-0.05, 0) is 35.9 Å². The van der Waals surface area contributed by atoms with Crippen LogP contribution in [0.3, 0.4) is 0 Å². The molecule has 0 atom stereocenters. The van der Waals surface area contributed by atoms with E-state index >= 15 is 0 Å². The van der Waals surface area contributed by atoms with E-state index in [9.17, 15) is 14.0 Å². The lowest BCUT2D eigenvalue weighted by atomic mass is 10.0. The summed E-state index contributed by atoms with van der Waals surface area (Å²) in [7, 11) is 3.01. The van der Waals surface area contributed by atoms with Crippen molar-refractivity contribution in [2.24, 2.45) is 0 Å². The van der Waals surface area contributed by atoms with Crippen molar-refractivity contribution in [1.29, 1.82) is 0 Å². The second-order valence-corrected chi connectivity index (χ2v) is 7.26. The number of carbonyl (C=O) groups excluding carboxylic acids is 2. The summed E-state index contributed by atoms with van der Waals surface area (Å²) in [5, 5.41) is 2.85. The predicted octanol–water partition coefficient (Wildman–Crippen LogP) is 4.89. The molecule has 1 aliphatic rings. The Labute approximate surface area is 188 Å². The Balaban J connectivity index is 1.84. The maximum atomic E-state index is 13.7. The van der Waals surface area contributed by atoms with Crippen molar-refractivity contribution < 1.29 is 23.5 Å². The molecule has 1 N–H and O–H groups in total. The van der Waals surface area contributed by atoms with Gasteiger partial charge in [0.1, 0.15) is 23.0 Å². The van der Waals surface area contributed by atoms with Gasteiger partial charge in [-0.2, -0.15) is 0 Å². The average Bonchev–Trinajstić information content (AvgIpc) is 3.05. The molecule has 0 fully saturated rings. The van der Waals surface area contributed by atoms with E-state index in [1.165, 1.54) is 26.4 Å². The van der Waals surface area contributed by atoms with Gasteiger partial charge in [-0.15, -0.1) is 0 Å². The largest absolute Gasteiger partial charge is 0.497 e. The van der Waals surface area contributed by atoms with Gasteiger partial charge in [-0.1, -0.05) is 41.9 Å². The number of amides is 2. The Bertz CT molecular complexity index is 1240. The summed E-state index contributed by atoms with van der Waals surface area (Å²) in [4.78, 5) is 27.8. The maximum Gasteiger partial charge on any atom is 0.282 e. The molecule has 3 aromatic rings. The molecule has 0 aromatic heterocycles. The standard InChI is InChI=1S/C24H18ClFN2O4/c1-31-16-9-11-20(32-2)19(13-16)27-22-21(14-6-4-3-5-7-14)23(29)28(24(22)30)15-8-10-18(26)17(25)12-15/h3-13,27H,1-2H3. The molecule has 6 nitrogen and oxygen atoms in total. The first kappa shape index (κ1) is 21.4. The fourth-order valence-corrected chi connectivity index (χ4v) is 3.60. The van der Waals surface area contributed by atoms with Crippen molar-refractivity contribution in [2.45, 2.75) is 0 Å². The molecule has 0 saturated carbocycles. The molecule has 3 aromatic carbocycles. The number of anilines is 2. The Morgan fingerprint density at radius 3 is 2.31 bits per heavy atom. The zero-order valence-electron chi connectivity index (χ0n) is 17.2. The number of benzene rings is 3. The van der Waals surface area contributed by atoms with E-state index in [1.54, 1.807) is 48.5 Å². The molecule has 32 heavy (non-hydrogen) atoms. The monoisotopic (exact) mass is 452 g/mol. The second-order valence-electron chi connectivity index (χ2n) is 6.85. The molecule has 0 bridgehead atoms. The highest BCUT2D eigenvalue weighted by molar-refractivity contribution is 6.46. The number of rotatable bonds is 6. The van der Waals surface area contributed by atoms with Crippen LogP contribution in [0.25, 0.3) is 5.57 Å². The SMILES string of the molecule is COc1ccc(OC)c(NC2=C(c3ccccc3)C(=O)N(c3ccc(F)c(Cl)c3)C2=O)c1. The number of methoxy groups -OCH3 is 2. The first-order chi connectivity index (χ1) is 15.4. The summed E-state index contributed by atoms with van der Waals surface area (Å²) >= 11 is 5.90. The number of nitrogens with one attached hydrogen (secondary N) is 1. The molecule has 0 spiro atoms. The zero-order chi connectivity index (χ0) is 22.8. The first-order valence-electron chi connectivity index (χ1n) is 9.57. The van der Waals surface area contributed by atoms with Crippen LogP contribution in [0.2, 0.25) is 5.02 Å². The molecule has 0 saturated heterocycles. The number of nitrogens with zero attached hydrogens (tertiary/aromatic N) is 1. The molecule has 162 valence electrons. The summed E-state index contributed by atoms with van der Waals surface area (Å²) in [5.41, 5.74) is 1.37. The van der Waals surface area contributed by atoms with E-state index < -0.39 is 17.6 Å². The van der Waals surface area contributed by atoms with Crippen molar-refractivity contribution in [3.05, 3.63) is 88.8 Å². The van der Waals surface area contributed by atoms with Crippen LogP contribution in [-0.4, -0.2) is 26.0 Å². The maximum absolute atomic E-state index is 13.7. The number of halogens is 2. The number of carbonyl (C=O) groups is 2. The van der Waals surface area contributed by atoms with Gasteiger partial charge >= 0.3 is 0 Å². The molecule has 0 aliphatic carbocycles. The Morgan fingerprint density at radius 1 is 0.906 bits per heavy atom. The van der Waals surface area contributed by atoms with Crippen molar-refractivity contribution in [1.82, 2.24) is 0 Å². The predicted molar refractivity (Wildman–Crippen MR) is 120 cm³/mol. The molecule has 1 aliphatic heterocycles.